The van der Waals surface area contributed by atoms with E-state index in [4.69, 9.17) is 0 Å². The molecular weight excluding hydrogens is 280 g/mol. The zero-order valence-corrected chi connectivity index (χ0v) is 13.0. The molecule has 1 fully saturated rings. The number of hydrogen-bond donors (Lipinski definition) is 2. The van der Waals surface area contributed by atoms with E-state index in [1.54, 1.807) is 11.8 Å². The van der Waals surface area contributed by atoms with E-state index in [2.05, 4.69) is 17.6 Å². The van der Waals surface area contributed by atoms with Crippen molar-refractivity contribution in [2.24, 2.45) is 0 Å². The van der Waals surface area contributed by atoms with Crippen molar-refractivity contribution in [3.8, 4) is 0 Å². The maximum atomic E-state index is 12.2. The van der Waals surface area contributed by atoms with Gasteiger partial charge in [0.05, 0.1) is 0 Å². The Bertz CT molecular complexity index is 416. The Kier molecular flexibility index (Phi) is 6.17. The Morgan fingerprint density at radius 1 is 1.26 bits per heavy atom. The third kappa shape index (κ3) is 4.41. The molecule has 106 valence electrons. The number of rotatable bonds is 3. The molecule has 0 bridgehead atoms. The van der Waals surface area contributed by atoms with E-state index in [0.29, 0.717) is 0 Å². The molecule has 0 aliphatic carbocycles. The number of carbonyl (C=O) groups is 1. The highest BCUT2D eigenvalue weighted by Gasteiger charge is 2.28. The Hall–Kier alpha value is -0.710. The molecule has 2 rings (SSSR count). The lowest BCUT2D eigenvalue weighted by Gasteiger charge is -2.35. The largest absolute Gasteiger partial charge is 0.347 e. The van der Waals surface area contributed by atoms with Crippen LogP contribution in [0.5, 0.6) is 0 Å². The summed E-state index contributed by atoms with van der Waals surface area (Å²) in [7, 11) is 0. The number of halogens is 1. The fourth-order valence-electron chi connectivity index (χ4n) is 2.19. The van der Waals surface area contributed by atoms with Crippen LogP contribution in [0.4, 0.5) is 0 Å². The van der Waals surface area contributed by atoms with Crippen LogP contribution in [0.1, 0.15) is 30.1 Å². The number of amides is 1. The number of carbonyl (C=O) groups excluding carboxylic acids is 1. The van der Waals surface area contributed by atoms with Crippen LogP contribution in [-0.2, 0) is 0 Å². The van der Waals surface area contributed by atoms with Crippen LogP contribution in [0.25, 0.3) is 0 Å². The van der Waals surface area contributed by atoms with Crippen LogP contribution in [-0.4, -0.2) is 30.8 Å². The molecule has 0 aromatic heterocycles. The van der Waals surface area contributed by atoms with Gasteiger partial charge in [-0.3, -0.25) is 4.79 Å². The molecule has 1 aliphatic heterocycles. The first-order valence-electron chi connectivity index (χ1n) is 6.30. The van der Waals surface area contributed by atoms with Gasteiger partial charge in [0.25, 0.3) is 5.91 Å². The van der Waals surface area contributed by atoms with Crippen LogP contribution in [0.2, 0.25) is 0 Å². The van der Waals surface area contributed by atoms with Crippen molar-refractivity contribution in [1.82, 2.24) is 10.6 Å². The van der Waals surface area contributed by atoms with Crippen LogP contribution < -0.4 is 10.6 Å². The summed E-state index contributed by atoms with van der Waals surface area (Å²) in [5, 5.41) is 6.48. The van der Waals surface area contributed by atoms with Gasteiger partial charge in [-0.1, -0.05) is 0 Å². The Morgan fingerprint density at radius 2 is 1.84 bits per heavy atom. The second-order valence-corrected chi connectivity index (χ2v) is 5.87. The first kappa shape index (κ1) is 16.3. The third-order valence-corrected chi connectivity index (χ3v) is 4.22. The highest BCUT2D eigenvalue weighted by atomic mass is 35.5. The highest BCUT2D eigenvalue weighted by molar-refractivity contribution is 7.98. The Labute approximate surface area is 125 Å². The lowest BCUT2D eigenvalue weighted by atomic mass is 9.90. The van der Waals surface area contributed by atoms with Gasteiger partial charge in [-0.25, -0.2) is 0 Å². The van der Waals surface area contributed by atoms with Crippen LogP contribution in [0.3, 0.4) is 0 Å². The van der Waals surface area contributed by atoms with Crippen molar-refractivity contribution in [2.75, 3.05) is 19.3 Å². The first-order valence-corrected chi connectivity index (χ1v) is 7.53. The van der Waals surface area contributed by atoms with Crippen molar-refractivity contribution < 1.29 is 4.79 Å². The van der Waals surface area contributed by atoms with Crippen LogP contribution >= 0.6 is 24.2 Å². The van der Waals surface area contributed by atoms with E-state index >= 15 is 0 Å². The lowest BCUT2D eigenvalue weighted by Crippen LogP contribution is -2.52. The maximum absolute atomic E-state index is 12.2. The molecule has 0 radical (unpaired) electrons. The summed E-state index contributed by atoms with van der Waals surface area (Å²) in [6.07, 6.45) is 4.01. The highest BCUT2D eigenvalue weighted by Crippen LogP contribution is 2.19. The molecule has 19 heavy (non-hydrogen) atoms. The topological polar surface area (TPSA) is 41.1 Å². The summed E-state index contributed by atoms with van der Waals surface area (Å²) >= 11 is 1.68. The van der Waals surface area contributed by atoms with Crippen molar-refractivity contribution in [3.63, 3.8) is 0 Å². The molecule has 5 heteroatoms. The van der Waals surface area contributed by atoms with E-state index in [9.17, 15) is 4.79 Å². The second kappa shape index (κ2) is 7.17. The number of thioether (sulfide) groups is 1. The van der Waals surface area contributed by atoms with Crippen molar-refractivity contribution >= 4 is 30.1 Å². The monoisotopic (exact) mass is 300 g/mol. The first-order chi connectivity index (χ1) is 8.63. The fourth-order valence-corrected chi connectivity index (χ4v) is 2.60. The van der Waals surface area contributed by atoms with Crippen LogP contribution in [0.15, 0.2) is 29.2 Å². The van der Waals surface area contributed by atoms with E-state index < -0.39 is 0 Å². The standard InChI is InChI=1S/C14H20N2OS.ClH/c1-14(7-9-15-10-8-14)16-13(17)11-3-5-12(18-2)6-4-11;/h3-6,15H,7-10H2,1-2H3,(H,16,17);1H. The van der Waals surface area contributed by atoms with Gasteiger partial charge >= 0.3 is 0 Å². The van der Waals surface area contributed by atoms with Gasteiger partial charge < -0.3 is 10.6 Å². The molecule has 1 aromatic carbocycles. The number of piperidine rings is 1. The number of benzene rings is 1. The third-order valence-electron chi connectivity index (χ3n) is 3.47. The molecule has 0 saturated carbocycles. The minimum Gasteiger partial charge on any atom is -0.347 e. The average Bonchev–Trinajstić information content (AvgIpc) is 2.39. The normalized spacial score (nSPS) is 17.4. The SMILES string of the molecule is CSc1ccc(C(=O)NC2(C)CCNCC2)cc1.Cl. The van der Waals surface area contributed by atoms with Gasteiger partial charge in [-0.05, 0) is 63.4 Å². The van der Waals surface area contributed by atoms with Gasteiger partial charge in [0.2, 0.25) is 0 Å². The molecule has 2 N–H and O–H groups in total. The summed E-state index contributed by atoms with van der Waals surface area (Å²) < 4.78 is 0. The quantitative estimate of drug-likeness (QED) is 0.843. The van der Waals surface area contributed by atoms with Crippen molar-refractivity contribution in [1.29, 1.82) is 0 Å². The van der Waals surface area contributed by atoms with Gasteiger partial charge in [0.15, 0.2) is 0 Å². The van der Waals surface area contributed by atoms with Gasteiger partial charge in [0, 0.05) is 16.0 Å². The predicted molar refractivity (Wildman–Crippen MR) is 83.4 cm³/mol. The van der Waals surface area contributed by atoms with Gasteiger partial charge in [0.1, 0.15) is 0 Å². The molecule has 1 amide bonds. The van der Waals surface area contributed by atoms with Crippen LogP contribution in [0, 0.1) is 0 Å². The van der Waals surface area contributed by atoms with E-state index in [0.717, 1.165) is 31.5 Å². The van der Waals surface area contributed by atoms with E-state index in [1.165, 1.54) is 4.90 Å². The molecule has 0 unspecified atom stereocenters. The molecular formula is C14H21ClN2OS. The smallest absolute Gasteiger partial charge is 0.251 e. The number of nitrogens with one attached hydrogen (secondary N) is 2. The minimum absolute atomic E-state index is 0. The summed E-state index contributed by atoms with van der Waals surface area (Å²) in [6, 6.07) is 7.77. The molecule has 0 atom stereocenters. The fraction of sp³-hybridized carbons (Fsp3) is 0.500. The average molecular weight is 301 g/mol. The van der Waals surface area contributed by atoms with Gasteiger partial charge in [-0.15, -0.1) is 24.2 Å². The molecule has 1 heterocycles. The zero-order chi connectivity index (χ0) is 13.0. The minimum atomic E-state index is -0.0689. The molecule has 1 saturated heterocycles. The second-order valence-electron chi connectivity index (χ2n) is 4.99. The summed E-state index contributed by atoms with van der Waals surface area (Å²) in [5.41, 5.74) is 0.674. The zero-order valence-electron chi connectivity index (χ0n) is 11.4. The molecule has 3 nitrogen and oxygen atoms in total. The van der Waals surface area contributed by atoms with E-state index in [-0.39, 0.29) is 23.9 Å². The number of hydrogen-bond acceptors (Lipinski definition) is 3. The predicted octanol–water partition coefficient (Wildman–Crippen LogP) is 2.70. The van der Waals surface area contributed by atoms with Crippen molar-refractivity contribution in [3.05, 3.63) is 29.8 Å². The summed E-state index contributed by atoms with van der Waals surface area (Å²) in [6.45, 7) is 4.08. The molecule has 1 aliphatic rings. The van der Waals surface area contributed by atoms with Crippen molar-refractivity contribution in [2.45, 2.75) is 30.2 Å². The Morgan fingerprint density at radius 3 is 2.37 bits per heavy atom. The molecule has 0 spiro atoms. The molecule has 1 aromatic rings. The lowest BCUT2D eigenvalue weighted by molar-refractivity contribution is 0.0887. The summed E-state index contributed by atoms with van der Waals surface area (Å²) in [4.78, 5) is 13.4. The summed E-state index contributed by atoms with van der Waals surface area (Å²) in [5.74, 6) is 0.0343. The maximum Gasteiger partial charge on any atom is 0.251 e. The van der Waals surface area contributed by atoms with E-state index in [1.807, 2.05) is 30.5 Å². The van der Waals surface area contributed by atoms with Gasteiger partial charge in [-0.2, -0.15) is 0 Å². The Balaban J connectivity index is 0.00000180.